The highest BCUT2D eigenvalue weighted by atomic mass is 16.5. The van der Waals surface area contributed by atoms with E-state index in [9.17, 15) is 9.59 Å². The number of H-pyrrole nitrogens is 1. The maximum atomic E-state index is 12.0. The number of ether oxygens (including phenoxy) is 1. The van der Waals surface area contributed by atoms with Gasteiger partial charge in [0.05, 0.1) is 18.0 Å². The number of rotatable bonds is 6. The second kappa shape index (κ2) is 7.48. The van der Waals surface area contributed by atoms with Crippen molar-refractivity contribution in [2.75, 3.05) is 6.61 Å². The fraction of sp³-hybridized carbons (Fsp3) is 0.167. The summed E-state index contributed by atoms with van der Waals surface area (Å²) in [5.41, 5.74) is 1.69. The number of nitrogens with zero attached hydrogens (tertiary/aromatic N) is 1. The van der Waals surface area contributed by atoms with Gasteiger partial charge in [-0.05, 0) is 25.1 Å². The van der Waals surface area contributed by atoms with E-state index in [-0.39, 0.29) is 18.3 Å². The van der Waals surface area contributed by atoms with Gasteiger partial charge in [0.1, 0.15) is 11.5 Å². The summed E-state index contributed by atoms with van der Waals surface area (Å²) in [5.74, 6) is -0.434. The van der Waals surface area contributed by atoms with Gasteiger partial charge in [0.15, 0.2) is 6.61 Å². The molecule has 0 aliphatic heterocycles. The molecule has 1 aromatic carbocycles. The maximum Gasteiger partial charge on any atom is 0.356 e. The Morgan fingerprint density at radius 2 is 2.04 bits per heavy atom. The van der Waals surface area contributed by atoms with Crippen LogP contribution in [0.2, 0.25) is 0 Å². The SMILES string of the molecule is C[C@H](NC(=O)COC(=O)c1cc(-c2ccccc2)n[nH]1)c1ccco1. The van der Waals surface area contributed by atoms with Crippen molar-refractivity contribution in [1.82, 2.24) is 15.5 Å². The summed E-state index contributed by atoms with van der Waals surface area (Å²) in [6.07, 6.45) is 1.53. The third-order valence-corrected chi connectivity index (χ3v) is 3.55. The monoisotopic (exact) mass is 339 g/mol. The number of carbonyl (C=O) groups excluding carboxylic acids is 2. The molecular formula is C18H17N3O4. The van der Waals surface area contributed by atoms with Crippen molar-refractivity contribution < 1.29 is 18.7 Å². The van der Waals surface area contributed by atoms with Crippen LogP contribution in [0.3, 0.4) is 0 Å². The van der Waals surface area contributed by atoms with Crippen LogP contribution in [0.4, 0.5) is 0 Å². The number of esters is 1. The van der Waals surface area contributed by atoms with Crippen molar-refractivity contribution in [3.63, 3.8) is 0 Å². The quantitative estimate of drug-likeness (QED) is 0.673. The molecule has 7 nitrogen and oxygen atoms in total. The predicted molar refractivity (Wildman–Crippen MR) is 89.6 cm³/mol. The van der Waals surface area contributed by atoms with Crippen LogP contribution < -0.4 is 5.32 Å². The zero-order chi connectivity index (χ0) is 17.6. The molecule has 0 aliphatic carbocycles. The molecule has 0 unspecified atom stereocenters. The Bertz CT molecular complexity index is 840. The van der Waals surface area contributed by atoms with Gasteiger partial charge in [0.25, 0.3) is 5.91 Å². The molecule has 3 aromatic rings. The summed E-state index contributed by atoms with van der Waals surface area (Å²) < 4.78 is 10.2. The minimum Gasteiger partial charge on any atom is -0.467 e. The van der Waals surface area contributed by atoms with E-state index in [1.54, 1.807) is 25.1 Å². The van der Waals surface area contributed by atoms with Crippen molar-refractivity contribution in [2.24, 2.45) is 0 Å². The molecule has 0 radical (unpaired) electrons. The van der Waals surface area contributed by atoms with Gasteiger partial charge in [-0.25, -0.2) is 4.79 Å². The molecule has 0 fully saturated rings. The van der Waals surface area contributed by atoms with Gasteiger partial charge in [0.2, 0.25) is 0 Å². The topological polar surface area (TPSA) is 97.2 Å². The molecule has 2 heterocycles. The molecule has 128 valence electrons. The number of amides is 1. The Balaban J connectivity index is 1.52. The van der Waals surface area contributed by atoms with Crippen LogP contribution in [-0.2, 0) is 9.53 Å². The van der Waals surface area contributed by atoms with Gasteiger partial charge in [0, 0.05) is 5.56 Å². The predicted octanol–water partition coefficient (Wildman–Crippen LogP) is 2.70. The number of aromatic nitrogens is 2. The lowest BCUT2D eigenvalue weighted by Gasteiger charge is -2.11. The molecule has 0 saturated carbocycles. The molecule has 3 rings (SSSR count). The first-order valence-corrected chi connectivity index (χ1v) is 7.74. The minimum absolute atomic E-state index is 0.186. The maximum absolute atomic E-state index is 12.0. The summed E-state index contributed by atoms with van der Waals surface area (Å²) in [7, 11) is 0. The molecule has 7 heteroatoms. The van der Waals surface area contributed by atoms with Crippen LogP contribution in [-0.4, -0.2) is 28.7 Å². The van der Waals surface area contributed by atoms with Crippen molar-refractivity contribution in [2.45, 2.75) is 13.0 Å². The van der Waals surface area contributed by atoms with Crippen molar-refractivity contribution in [3.8, 4) is 11.3 Å². The summed E-state index contributed by atoms with van der Waals surface area (Å²) in [6, 6.07) is 14.2. The summed E-state index contributed by atoms with van der Waals surface area (Å²) in [6.45, 7) is 1.39. The fourth-order valence-electron chi connectivity index (χ4n) is 2.28. The molecule has 1 amide bonds. The van der Waals surface area contributed by atoms with E-state index >= 15 is 0 Å². The standard InChI is InChI=1S/C18H17N3O4/c1-12(16-8-5-9-24-16)19-17(22)11-25-18(23)15-10-14(20-21-15)13-6-3-2-4-7-13/h2-10,12H,11H2,1H3,(H,19,22)(H,20,21)/t12-/m0/s1. The fourth-order valence-corrected chi connectivity index (χ4v) is 2.28. The van der Waals surface area contributed by atoms with E-state index in [2.05, 4.69) is 15.5 Å². The normalized spacial score (nSPS) is 11.7. The van der Waals surface area contributed by atoms with Gasteiger partial charge in [-0.1, -0.05) is 30.3 Å². The second-order valence-electron chi connectivity index (χ2n) is 5.41. The lowest BCUT2D eigenvalue weighted by Crippen LogP contribution is -2.31. The average molecular weight is 339 g/mol. The van der Waals surface area contributed by atoms with Crippen LogP contribution in [0.25, 0.3) is 11.3 Å². The lowest BCUT2D eigenvalue weighted by molar-refractivity contribution is -0.125. The van der Waals surface area contributed by atoms with Gasteiger partial charge >= 0.3 is 5.97 Å². The number of nitrogens with one attached hydrogen (secondary N) is 2. The molecular weight excluding hydrogens is 322 g/mol. The first-order chi connectivity index (χ1) is 12.1. The van der Waals surface area contributed by atoms with Crippen LogP contribution in [0.15, 0.2) is 59.2 Å². The van der Waals surface area contributed by atoms with Crippen molar-refractivity contribution in [1.29, 1.82) is 0 Å². The number of hydrogen-bond acceptors (Lipinski definition) is 5. The summed E-state index contributed by atoms with van der Waals surface area (Å²) in [4.78, 5) is 23.9. The van der Waals surface area contributed by atoms with E-state index in [4.69, 9.17) is 9.15 Å². The Morgan fingerprint density at radius 1 is 1.24 bits per heavy atom. The Hall–Kier alpha value is -3.35. The van der Waals surface area contributed by atoms with Crippen molar-refractivity contribution in [3.05, 3.63) is 66.2 Å². The number of furan rings is 1. The van der Waals surface area contributed by atoms with Gasteiger partial charge in [-0.2, -0.15) is 5.10 Å². The molecule has 2 aromatic heterocycles. The Labute approximate surface area is 144 Å². The van der Waals surface area contributed by atoms with Crippen LogP contribution >= 0.6 is 0 Å². The highest BCUT2D eigenvalue weighted by Gasteiger charge is 2.16. The first-order valence-electron chi connectivity index (χ1n) is 7.74. The van der Waals surface area contributed by atoms with E-state index < -0.39 is 11.9 Å². The highest BCUT2D eigenvalue weighted by molar-refractivity contribution is 5.90. The highest BCUT2D eigenvalue weighted by Crippen LogP contribution is 2.17. The molecule has 25 heavy (non-hydrogen) atoms. The molecule has 0 spiro atoms. The van der Waals surface area contributed by atoms with E-state index in [0.717, 1.165) is 5.56 Å². The number of aromatic amines is 1. The number of benzene rings is 1. The van der Waals surface area contributed by atoms with Crippen LogP contribution in [0.5, 0.6) is 0 Å². The Kier molecular flexibility index (Phi) is 4.94. The minimum atomic E-state index is -0.643. The summed E-state index contributed by atoms with van der Waals surface area (Å²) >= 11 is 0. The largest absolute Gasteiger partial charge is 0.467 e. The third kappa shape index (κ3) is 4.14. The summed E-state index contributed by atoms with van der Waals surface area (Å²) in [5, 5.41) is 9.38. The van der Waals surface area contributed by atoms with E-state index in [1.165, 1.54) is 6.26 Å². The van der Waals surface area contributed by atoms with Gasteiger partial charge in [-0.15, -0.1) is 0 Å². The second-order valence-corrected chi connectivity index (χ2v) is 5.41. The van der Waals surface area contributed by atoms with Crippen molar-refractivity contribution >= 4 is 11.9 Å². The van der Waals surface area contributed by atoms with Gasteiger partial charge < -0.3 is 14.5 Å². The molecule has 0 aliphatic rings. The van der Waals surface area contributed by atoms with Gasteiger partial charge in [-0.3, -0.25) is 9.89 Å². The smallest absolute Gasteiger partial charge is 0.356 e. The third-order valence-electron chi connectivity index (χ3n) is 3.55. The van der Waals surface area contributed by atoms with Crippen LogP contribution in [0, 0.1) is 0 Å². The average Bonchev–Trinajstić information content (AvgIpc) is 3.32. The first kappa shape index (κ1) is 16.5. The molecule has 0 bridgehead atoms. The van der Waals surface area contributed by atoms with Crippen LogP contribution in [0.1, 0.15) is 29.2 Å². The Morgan fingerprint density at radius 3 is 2.76 bits per heavy atom. The molecule has 0 saturated heterocycles. The molecule has 2 N–H and O–H groups in total. The molecule has 1 atom stereocenters. The van der Waals surface area contributed by atoms with E-state index in [0.29, 0.717) is 11.5 Å². The van der Waals surface area contributed by atoms with E-state index in [1.807, 2.05) is 30.3 Å². The number of hydrogen-bond donors (Lipinski definition) is 2. The number of carbonyl (C=O) groups is 2. The zero-order valence-corrected chi connectivity index (χ0v) is 13.6. The lowest BCUT2D eigenvalue weighted by atomic mass is 10.1. The zero-order valence-electron chi connectivity index (χ0n) is 13.6.